The van der Waals surface area contributed by atoms with E-state index in [1.807, 2.05) is 12.1 Å². The SMILES string of the molecule is NC(N)=NN=Cc1cccc(Cl)c1Br. The van der Waals surface area contributed by atoms with Gasteiger partial charge in [0, 0.05) is 10.0 Å². The fourth-order valence-corrected chi connectivity index (χ4v) is 1.33. The number of nitrogens with zero attached hydrogens (tertiary/aromatic N) is 2. The highest BCUT2D eigenvalue weighted by Crippen LogP contribution is 2.24. The molecule has 4 nitrogen and oxygen atoms in total. The Morgan fingerprint density at radius 2 is 2.14 bits per heavy atom. The molecule has 14 heavy (non-hydrogen) atoms. The molecular formula is C8H8BrClN4. The van der Waals surface area contributed by atoms with Crippen molar-refractivity contribution in [3.8, 4) is 0 Å². The summed E-state index contributed by atoms with van der Waals surface area (Å²) in [6.07, 6.45) is 1.51. The lowest BCUT2D eigenvalue weighted by atomic mass is 10.2. The molecule has 0 aliphatic carbocycles. The van der Waals surface area contributed by atoms with Gasteiger partial charge in [0.05, 0.1) is 11.2 Å². The average Bonchev–Trinajstić information content (AvgIpc) is 2.12. The van der Waals surface area contributed by atoms with Gasteiger partial charge in [0.25, 0.3) is 0 Å². The van der Waals surface area contributed by atoms with Crippen molar-refractivity contribution in [3.63, 3.8) is 0 Å². The molecule has 0 radical (unpaired) electrons. The van der Waals surface area contributed by atoms with Crippen LogP contribution in [0.15, 0.2) is 32.9 Å². The predicted molar refractivity (Wildman–Crippen MR) is 62.6 cm³/mol. The Labute approximate surface area is 94.8 Å². The fraction of sp³-hybridized carbons (Fsp3) is 0. The van der Waals surface area contributed by atoms with E-state index >= 15 is 0 Å². The normalized spacial score (nSPS) is 10.4. The zero-order chi connectivity index (χ0) is 10.6. The Morgan fingerprint density at radius 3 is 2.79 bits per heavy atom. The first-order valence-electron chi connectivity index (χ1n) is 3.67. The van der Waals surface area contributed by atoms with Crippen molar-refractivity contribution >= 4 is 39.7 Å². The van der Waals surface area contributed by atoms with E-state index < -0.39 is 0 Å². The molecule has 4 N–H and O–H groups in total. The monoisotopic (exact) mass is 274 g/mol. The number of halogens is 2. The third-order valence-corrected chi connectivity index (χ3v) is 2.78. The van der Waals surface area contributed by atoms with Gasteiger partial charge in [-0.15, -0.1) is 5.10 Å². The molecule has 0 aromatic heterocycles. The van der Waals surface area contributed by atoms with Gasteiger partial charge >= 0.3 is 0 Å². The topological polar surface area (TPSA) is 76.8 Å². The molecule has 0 aliphatic rings. The third kappa shape index (κ3) is 3.01. The first-order valence-corrected chi connectivity index (χ1v) is 4.84. The van der Waals surface area contributed by atoms with Crippen molar-refractivity contribution in [2.75, 3.05) is 0 Å². The largest absolute Gasteiger partial charge is 0.369 e. The van der Waals surface area contributed by atoms with E-state index in [1.165, 1.54) is 6.21 Å². The van der Waals surface area contributed by atoms with Gasteiger partial charge in [-0.2, -0.15) is 5.10 Å². The molecule has 0 fully saturated rings. The Hall–Kier alpha value is -1.07. The number of benzene rings is 1. The molecule has 0 amide bonds. The fourth-order valence-electron chi connectivity index (χ4n) is 0.778. The zero-order valence-electron chi connectivity index (χ0n) is 7.11. The smallest absolute Gasteiger partial charge is 0.211 e. The number of guanidine groups is 1. The van der Waals surface area contributed by atoms with Crippen LogP contribution >= 0.6 is 27.5 Å². The molecule has 1 aromatic rings. The minimum Gasteiger partial charge on any atom is -0.369 e. The molecule has 74 valence electrons. The number of rotatable bonds is 2. The highest BCUT2D eigenvalue weighted by molar-refractivity contribution is 9.10. The van der Waals surface area contributed by atoms with Gasteiger partial charge in [0.15, 0.2) is 0 Å². The lowest BCUT2D eigenvalue weighted by Gasteiger charge is -1.98. The second-order valence-electron chi connectivity index (χ2n) is 2.41. The van der Waals surface area contributed by atoms with Crippen LogP contribution in [0, 0.1) is 0 Å². The van der Waals surface area contributed by atoms with Gasteiger partial charge in [-0.05, 0) is 22.0 Å². The van der Waals surface area contributed by atoms with Crippen LogP contribution in [0.1, 0.15) is 5.56 Å². The van der Waals surface area contributed by atoms with Gasteiger partial charge in [0.1, 0.15) is 0 Å². The second kappa shape index (κ2) is 4.97. The Bertz CT molecular complexity index is 385. The number of nitrogens with two attached hydrogens (primary N) is 2. The van der Waals surface area contributed by atoms with Crippen LogP contribution in [0.2, 0.25) is 5.02 Å². The third-order valence-electron chi connectivity index (χ3n) is 1.35. The second-order valence-corrected chi connectivity index (χ2v) is 3.61. The van der Waals surface area contributed by atoms with Crippen molar-refractivity contribution in [3.05, 3.63) is 33.3 Å². The summed E-state index contributed by atoms with van der Waals surface area (Å²) in [5.74, 6) is -0.0839. The highest BCUT2D eigenvalue weighted by Gasteiger charge is 2.00. The summed E-state index contributed by atoms with van der Waals surface area (Å²) < 4.78 is 0.760. The molecule has 0 spiro atoms. The molecule has 0 saturated heterocycles. The number of hydrogen-bond donors (Lipinski definition) is 2. The van der Waals surface area contributed by atoms with Gasteiger partial charge in [0.2, 0.25) is 5.96 Å². The maximum Gasteiger partial charge on any atom is 0.211 e. The van der Waals surface area contributed by atoms with E-state index in [-0.39, 0.29) is 5.96 Å². The number of hydrogen-bond acceptors (Lipinski definition) is 2. The molecular weight excluding hydrogens is 267 g/mol. The summed E-state index contributed by atoms with van der Waals surface area (Å²) in [5, 5.41) is 7.75. The van der Waals surface area contributed by atoms with Crippen LogP contribution in [0.25, 0.3) is 0 Å². The van der Waals surface area contributed by atoms with E-state index in [1.54, 1.807) is 6.07 Å². The van der Waals surface area contributed by atoms with Gasteiger partial charge < -0.3 is 11.5 Å². The summed E-state index contributed by atoms with van der Waals surface area (Å²) >= 11 is 9.17. The minimum atomic E-state index is -0.0839. The minimum absolute atomic E-state index is 0.0839. The van der Waals surface area contributed by atoms with Crippen molar-refractivity contribution in [1.29, 1.82) is 0 Å². The Morgan fingerprint density at radius 1 is 1.43 bits per heavy atom. The maximum atomic E-state index is 5.86. The van der Waals surface area contributed by atoms with Crippen LogP contribution in [0.3, 0.4) is 0 Å². The van der Waals surface area contributed by atoms with Gasteiger partial charge in [-0.3, -0.25) is 0 Å². The summed E-state index contributed by atoms with van der Waals surface area (Å²) in [7, 11) is 0. The summed E-state index contributed by atoms with van der Waals surface area (Å²) in [5.41, 5.74) is 11.0. The van der Waals surface area contributed by atoms with Crippen molar-refractivity contribution < 1.29 is 0 Å². The van der Waals surface area contributed by atoms with E-state index in [4.69, 9.17) is 23.1 Å². The Balaban J connectivity index is 2.92. The van der Waals surface area contributed by atoms with Gasteiger partial charge in [-0.25, -0.2) is 0 Å². The van der Waals surface area contributed by atoms with Crippen LogP contribution in [-0.2, 0) is 0 Å². The first-order chi connectivity index (χ1) is 6.61. The van der Waals surface area contributed by atoms with E-state index in [9.17, 15) is 0 Å². The van der Waals surface area contributed by atoms with E-state index in [0.29, 0.717) is 5.02 Å². The molecule has 1 aromatic carbocycles. The molecule has 0 atom stereocenters. The predicted octanol–water partition coefficient (Wildman–Crippen LogP) is 1.71. The van der Waals surface area contributed by atoms with Crippen LogP contribution in [0.4, 0.5) is 0 Å². The molecule has 0 bridgehead atoms. The van der Waals surface area contributed by atoms with Crippen LogP contribution < -0.4 is 11.5 Å². The zero-order valence-corrected chi connectivity index (χ0v) is 9.46. The lowest BCUT2D eigenvalue weighted by Crippen LogP contribution is -2.21. The molecule has 1 rings (SSSR count). The maximum absolute atomic E-state index is 5.86. The van der Waals surface area contributed by atoms with Crippen LogP contribution in [-0.4, -0.2) is 12.2 Å². The molecule has 0 aliphatic heterocycles. The summed E-state index contributed by atoms with van der Waals surface area (Å²) in [6, 6.07) is 5.41. The average molecular weight is 276 g/mol. The molecule has 0 unspecified atom stereocenters. The summed E-state index contributed by atoms with van der Waals surface area (Å²) in [4.78, 5) is 0. The van der Waals surface area contributed by atoms with Crippen molar-refractivity contribution in [2.24, 2.45) is 21.7 Å². The van der Waals surface area contributed by atoms with Crippen LogP contribution in [0.5, 0.6) is 0 Å². The first kappa shape index (κ1) is 11.0. The van der Waals surface area contributed by atoms with E-state index in [2.05, 4.69) is 26.1 Å². The standard InChI is InChI=1S/C8H8BrClN4/c9-7-5(2-1-3-6(7)10)4-13-14-8(11)12/h1-4H,(H4,11,12,14). The highest BCUT2D eigenvalue weighted by atomic mass is 79.9. The van der Waals surface area contributed by atoms with Gasteiger partial charge in [-0.1, -0.05) is 23.7 Å². The Kier molecular flexibility index (Phi) is 3.91. The lowest BCUT2D eigenvalue weighted by molar-refractivity contribution is 1.21. The molecule has 0 heterocycles. The quantitative estimate of drug-likeness (QED) is 0.490. The van der Waals surface area contributed by atoms with Crippen molar-refractivity contribution in [1.82, 2.24) is 0 Å². The molecule has 0 saturated carbocycles. The molecule has 6 heteroatoms. The van der Waals surface area contributed by atoms with E-state index in [0.717, 1.165) is 10.0 Å². The van der Waals surface area contributed by atoms with Crippen molar-refractivity contribution in [2.45, 2.75) is 0 Å². The summed E-state index contributed by atoms with van der Waals surface area (Å²) in [6.45, 7) is 0.